The lowest BCUT2D eigenvalue weighted by atomic mass is 10.3. The minimum atomic E-state index is 0.471. The lowest BCUT2D eigenvalue weighted by Crippen LogP contribution is -2.24. The zero-order chi connectivity index (χ0) is 12.1. The maximum atomic E-state index is 4.36. The van der Waals surface area contributed by atoms with E-state index in [-0.39, 0.29) is 0 Å². The van der Waals surface area contributed by atoms with E-state index in [1.807, 2.05) is 24.7 Å². The third-order valence-electron chi connectivity index (χ3n) is 2.55. The van der Waals surface area contributed by atoms with Crippen molar-refractivity contribution in [3.8, 4) is 0 Å². The molecule has 0 aromatic carbocycles. The van der Waals surface area contributed by atoms with Gasteiger partial charge in [0.15, 0.2) is 0 Å². The van der Waals surface area contributed by atoms with Gasteiger partial charge in [-0.25, -0.2) is 4.98 Å². The van der Waals surface area contributed by atoms with E-state index in [0.717, 1.165) is 18.9 Å². The standard InChI is InChI=1S/C13H18N4/c1-11(2)16-9-13-15-6-7-17(13)10-12-4-3-5-14-8-12/h3-8,11,16H,9-10H2,1-2H3. The highest BCUT2D eigenvalue weighted by atomic mass is 15.1. The highest BCUT2D eigenvalue weighted by molar-refractivity contribution is 5.10. The molecule has 2 aromatic rings. The van der Waals surface area contributed by atoms with Crippen LogP contribution in [-0.2, 0) is 13.1 Å². The summed E-state index contributed by atoms with van der Waals surface area (Å²) in [6, 6.07) is 4.50. The number of pyridine rings is 1. The fourth-order valence-electron chi connectivity index (χ4n) is 1.63. The summed E-state index contributed by atoms with van der Waals surface area (Å²) in [6.45, 7) is 5.89. The van der Waals surface area contributed by atoms with E-state index in [1.54, 1.807) is 6.20 Å². The van der Waals surface area contributed by atoms with Crippen molar-refractivity contribution in [3.05, 3.63) is 48.3 Å². The second-order valence-electron chi connectivity index (χ2n) is 4.37. The summed E-state index contributed by atoms with van der Waals surface area (Å²) in [5.41, 5.74) is 1.19. The van der Waals surface area contributed by atoms with Gasteiger partial charge in [-0.15, -0.1) is 0 Å². The van der Waals surface area contributed by atoms with Crippen molar-refractivity contribution in [2.45, 2.75) is 33.0 Å². The van der Waals surface area contributed by atoms with Crippen LogP contribution < -0.4 is 5.32 Å². The molecule has 0 spiro atoms. The molecule has 2 aromatic heterocycles. The molecule has 0 fully saturated rings. The van der Waals surface area contributed by atoms with Crippen LogP contribution in [0.1, 0.15) is 25.2 Å². The van der Waals surface area contributed by atoms with E-state index in [1.165, 1.54) is 5.56 Å². The van der Waals surface area contributed by atoms with Gasteiger partial charge in [0.1, 0.15) is 5.82 Å². The van der Waals surface area contributed by atoms with Crippen LogP contribution in [0, 0.1) is 0 Å². The van der Waals surface area contributed by atoms with Crippen LogP contribution in [0.4, 0.5) is 0 Å². The molecule has 0 saturated carbocycles. The molecular weight excluding hydrogens is 212 g/mol. The number of nitrogens with one attached hydrogen (secondary N) is 1. The second kappa shape index (κ2) is 5.59. The summed E-state index contributed by atoms with van der Waals surface area (Å²) in [4.78, 5) is 8.48. The third kappa shape index (κ3) is 3.39. The first-order chi connectivity index (χ1) is 8.25. The van der Waals surface area contributed by atoms with E-state index in [4.69, 9.17) is 0 Å². The van der Waals surface area contributed by atoms with Crippen LogP contribution in [0.2, 0.25) is 0 Å². The van der Waals surface area contributed by atoms with E-state index in [2.05, 4.69) is 39.8 Å². The third-order valence-corrected chi connectivity index (χ3v) is 2.55. The molecule has 0 amide bonds. The van der Waals surface area contributed by atoms with Gasteiger partial charge in [0, 0.05) is 30.8 Å². The van der Waals surface area contributed by atoms with Crippen molar-refractivity contribution in [1.82, 2.24) is 19.9 Å². The van der Waals surface area contributed by atoms with Crippen molar-refractivity contribution in [1.29, 1.82) is 0 Å². The predicted molar refractivity (Wildman–Crippen MR) is 67.5 cm³/mol. The van der Waals surface area contributed by atoms with Gasteiger partial charge < -0.3 is 9.88 Å². The van der Waals surface area contributed by atoms with Gasteiger partial charge in [0.05, 0.1) is 13.1 Å². The molecule has 0 radical (unpaired) electrons. The summed E-state index contributed by atoms with van der Waals surface area (Å²) >= 11 is 0. The molecule has 0 aliphatic heterocycles. The molecular formula is C13H18N4. The summed E-state index contributed by atoms with van der Waals surface area (Å²) in [7, 11) is 0. The van der Waals surface area contributed by atoms with Crippen LogP contribution >= 0.6 is 0 Å². The number of aromatic nitrogens is 3. The smallest absolute Gasteiger partial charge is 0.122 e. The Balaban J connectivity index is 2.04. The molecule has 0 bridgehead atoms. The van der Waals surface area contributed by atoms with Gasteiger partial charge in [-0.2, -0.15) is 0 Å². The fraction of sp³-hybridized carbons (Fsp3) is 0.385. The average Bonchev–Trinajstić information content (AvgIpc) is 2.75. The van der Waals surface area contributed by atoms with E-state index < -0.39 is 0 Å². The average molecular weight is 230 g/mol. The zero-order valence-corrected chi connectivity index (χ0v) is 10.3. The van der Waals surface area contributed by atoms with Crippen molar-refractivity contribution in [3.63, 3.8) is 0 Å². The summed E-state index contributed by atoms with van der Waals surface area (Å²) in [6.07, 6.45) is 7.52. The normalized spacial score (nSPS) is 11.0. The van der Waals surface area contributed by atoms with Gasteiger partial charge in [0.2, 0.25) is 0 Å². The van der Waals surface area contributed by atoms with Gasteiger partial charge in [-0.3, -0.25) is 4.98 Å². The van der Waals surface area contributed by atoms with Crippen molar-refractivity contribution in [2.24, 2.45) is 0 Å². The number of hydrogen-bond acceptors (Lipinski definition) is 3. The molecule has 0 aliphatic carbocycles. The Kier molecular flexibility index (Phi) is 3.88. The first-order valence-corrected chi connectivity index (χ1v) is 5.88. The molecule has 0 unspecified atom stereocenters. The van der Waals surface area contributed by atoms with E-state index >= 15 is 0 Å². The molecule has 0 saturated heterocycles. The lowest BCUT2D eigenvalue weighted by molar-refractivity contribution is 0.554. The van der Waals surface area contributed by atoms with Gasteiger partial charge >= 0.3 is 0 Å². The molecule has 17 heavy (non-hydrogen) atoms. The topological polar surface area (TPSA) is 42.7 Å². The summed E-state index contributed by atoms with van der Waals surface area (Å²) in [5.74, 6) is 1.06. The molecule has 4 heteroatoms. The van der Waals surface area contributed by atoms with Crippen LogP contribution in [-0.4, -0.2) is 20.6 Å². The van der Waals surface area contributed by atoms with Crippen LogP contribution in [0.3, 0.4) is 0 Å². The molecule has 2 rings (SSSR count). The second-order valence-corrected chi connectivity index (χ2v) is 4.37. The monoisotopic (exact) mass is 230 g/mol. The fourth-order valence-corrected chi connectivity index (χ4v) is 1.63. The molecule has 90 valence electrons. The Morgan fingerprint density at radius 3 is 2.94 bits per heavy atom. The van der Waals surface area contributed by atoms with Crippen molar-refractivity contribution in [2.75, 3.05) is 0 Å². The number of nitrogens with zero attached hydrogens (tertiary/aromatic N) is 3. The summed E-state index contributed by atoms with van der Waals surface area (Å²) < 4.78 is 2.15. The zero-order valence-electron chi connectivity index (χ0n) is 10.3. The Labute approximate surface area is 102 Å². The first kappa shape index (κ1) is 11.8. The minimum Gasteiger partial charge on any atom is -0.329 e. The molecule has 0 aliphatic rings. The van der Waals surface area contributed by atoms with Gasteiger partial charge in [-0.1, -0.05) is 19.9 Å². The Morgan fingerprint density at radius 2 is 2.24 bits per heavy atom. The maximum absolute atomic E-state index is 4.36. The highest BCUT2D eigenvalue weighted by Gasteiger charge is 2.04. The first-order valence-electron chi connectivity index (χ1n) is 5.88. The van der Waals surface area contributed by atoms with E-state index in [0.29, 0.717) is 6.04 Å². The Bertz CT molecular complexity index is 447. The maximum Gasteiger partial charge on any atom is 0.122 e. The van der Waals surface area contributed by atoms with Crippen LogP contribution in [0.5, 0.6) is 0 Å². The number of imidazole rings is 1. The Hall–Kier alpha value is -1.68. The molecule has 2 heterocycles. The number of hydrogen-bond donors (Lipinski definition) is 1. The van der Waals surface area contributed by atoms with Crippen LogP contribution in [0.15, 0.2) is 36.9 Å². The van der Waals surface area contributed by atoms with Crippen LogP contribution in [0.25, 0.3) is 0 Å². The lowest BCUT2D eigenvalue weighted by Gasteiger charge is -2.10. The molecule has 1 N–H and O–H groups in total. The highest BCUT2D eigenvalue weighted by Crippen LogP contribution is 2.04. The van der Waals surface area contributed by atoms with Gasteiger partial charge in [0.25, 0.3) is 0 Å². The number of rotatable bonds is 5. The summed E-state index contributed by atoms with van der Waals surface area (Å²) in [5, 5.41) is 3.38. The quantitative estimate of drug-likeness (QED) is 0.852. The minimum absolute atomic E-state index is 0.471. The SMILES string of the molecule is CC(C)NCc1nccn1Cc1cccnc1. The predicted octanol–water partition coefficient (Wildman–Crippen LogP) is 1.82. The molecule has 4 nitrogen and oxygen atoms in total. The van der Waals surface area contributed by atoms with Crippen molar-refractivity contribution >= 4 is 0 Å². The Morgan fingerprint density at radius 1 is 1.35 bits per heavy atom. The molecule has 0 atom stereocenters. The van der Waals surface area contributed by atoms with Crippen molar-refractivity contribution < 1.29 is 0 Å². The largest absolute Gasteiger partial charge is 0.329 e. The van der Waals surface area contributed by atoms with Gasteiger partial charge in [-0.05, 0) is 11.6 Å². The van der Waals surface area contributed by atoms with E-state index in [9.17, 15) is 0 Å².